The highest BCUT2D eigenvalue weighted by molar-refractivity contribution is 5.91. The second-order valence-corrected chi connectivity index (χ2v) is 6.95. The zero-order valence-electron chi connectivity index (χ0n) is 14.2. The van der Waals surface area contributed by atoms with Gasteiger partial charge in [0.15, 0.2) is 0 Å². The van der Waals surface area contributed by atoms with Gasteiger partial charge in [-0.25, -0.2) is 9.59 Å². The van der Waals surface area contributed by atoms with Gasteiger partial charge in [-0.2, -0.15) is 0 Å². The molecule has 130 valence electrons. The molecule has 1 heterocycles. The summed E-state index contributed by atoms with van der Waals surface area (Å²) >= 11 is 0. The third-order valence-corrected chi connectivity index (χ3v) is 4.83. The van der Waals surface area contributed by atoms with Crippen molar-refractivity contribution in [3.8, 4) is 0 Å². The fraction of sp³-hybridized carbons (Fsp3) is 0.579. The van der Waals surface area contributed by atoms with Crippen LogP contribution < -0.4 is 5.32 Å². The third-order valence-electron chi connectivity index (χ3n) is 4.83. The lowest BCUT2D eigenvalue weighted by Gasteiger charge is -2.18. The lowest BCUT2D eigenvalue weighted by Crippen LogP contribution is -2.27. The Labute approximate surface area is 142 Å². The van der Waals surface area contributed by atoms with Crippen molar-refractivity contribution in [2.75, 3.05) is 6.61 Å². The number of rotatable bonds is 3. The summed E-state index contributed by atoms with van der Waals surface area (Å²) in [6.07, 6.45) is 9.12. The zero-order valence-corrected chi connectivity index (χ0v) is 14.2. The lowest BCUT2D eigenvalue weighted by molar-refractivity contribution is -0.137. The van der Waals surface area contributed by atoms with Crippen LogP contribution in [0.25, 0.3) is 0 Å². The SMILES string of the molecule is C=C1C(=O)OC2/C=C(\C)CC/C=C(/COC(=O)NC3CC3)CCC12. The molecular weight excluding hydrogens is 306 g/mol. The van der Waals surface area contributed by atoms with E-state index in [1.165, 1.54) is 5.57 Å². The second-order valence-electron chi connectivity index (χ2n) is 6.95. The molecule has 3 rings (SSSR count). The smallest absolute Gasteiger partial charge is 0.407 e. The van der Waals surface area contributed by atoms with Gasteiger partial charge in [-0.3, -0.25) is 0 Å². The normalized spacial score (nSPS) is 31.9. The van der Waals surface area contributed by atoms with Crippen LogP contribution in [0.1, 0.15) is 45.4 Å². The first-order chi connectivity index (χ1) is 11.5. The van der Waals surface area contributed by atoms with E-state index in [0.29, 0.717) is 18.2 Å². The molecule has 2 aliphatic carbocycles. The van der Waals surface area contributed by atoms with Crippen molar-refractivity contribution in [3.63, 3.8) is 0 Å². The average molecular weight is 331 g/mol. The van der Waals surface area contributed by atoms with Gasteiger partial charge in [0, 0.05) is 17.5 Å². The maximum absolute atomic E-state index is 11.8. The molecule has 24 heavy (non-hydrogen) atoms. The van der Waals surface area contributed by atoms with Crippen molar-refractivity contribution in [2.45, 2.75) is 57.6 Å². The van der Waals surface area contributed by atoms with Gasteiger partial charge in [0.2, 0.25) is 0 Å². The molecule has 2 atom stereocenters. The Hall–Kier alpha value is -2.04. The van der Waals surface area contributed by atoms with Crippen LogP contribution in [0.4, 0.5) is 4.79 Å². The van der Waals surface area contributed by atoms with Gasteiger partial charge in [0.05, 0.1) is 0 Å². The standard InChI is InChI=1S/C19H25NO4/c1-12-4-3-5-14(11-23-19(22)20-15-7-8-15)6-9-16-13(2)18(21)24-17(16)10-12/h5,10,15-17H,2-4,6-9,11H2,1H3,(H,20,22)/b12-10+,14-5+. The van der Waals surface area contributed by atoms with Gasteiger partial charge in [-0.05, 0) is 57.1 Å². The van der Waals surface area contributed by atoms with Crippen LogP contribution in [0, 0.1) is 5.92 Å². The van der Waals surface area contributed by atoms with Crippen LogP contribution in [0.2, 0.25) is 0 Å². The van der Waals surface area contributed by atoms with Crippen molar-refractivity contribution in [1.82, 2.24) is 5.32 Å². The number of ether oxygens (including phenoxy) is 2. The number of hydrogen-bond acceptors (Lipinski definition) is 4. The predicted molar refractivity (Wildman–Crippen MR) is 90.3 cm³/mol. The van der Waals surface area contributed by atoms with E-state index < -0.39 is 0 Å². The first-order valence-electron chi connectivity index (χ1n) is 8.71. The molecule has 1 aliphatic heterocycles. The number of amides is 1. The second kappa shape index (κ2) is 7.24. The Morgan fingerprint density at radius 3 is 2.92 bits per heavy atom. The molecule has 1 amide bonds. The van der Waals surface area contributed by atoms with Crippen LogP contribution in [-0.2, 0) is 14.3 Å². The minimum absolute atomic E-state index is 0.00856. The molecule has 2 unspecified atom stereocenters. The summed E-state index contributed by atoms with van der Waals surface area (Å²) in [5.74, 6) is -0.284. The Kier molecular flexibility index (Phi) is 5.07. The molecule has 1 saturated heterocycles. The van der Waals surface area contributed by atoms with Crippen LogP contribution in [0.15, 0.2) is 35.5 Å². The number of alkyl carbamates (subject to hydrolysis) is 1. The van der Waals surface area contributed by atoms with Gasteiger partial charge in [0.25, 0.3) is 0 Å². The number of carbonyl (C=O) groups excluding carboxylic acids is 2. The quantitative estimate of drug-likeness (QED) is 0.489. The summed E-state index contributed by atoms with van der Waals surface area (Å²) in [4.78, 5) is 23.5. The summed E-state index contributed by atoms with van der Waals surface area (Å²) in [6.45, 7) is 6.25. The molecule has 5 nitrogen and oxygen atoms in total. The predicted octanol–water partition coefficient (Wildman–Crippen LogP) is 3.42. The third kappa shape index (κ3) is 4.28. The van der Waals surface area contributed by atoms with Crippen LogP contribution >= 0.6 is 0 Å². The summed E-state index contributed by atoms with van der Waals surface area (Å²) in [5.41, 5.74) is 2.86. The number of fused-ring (bicyclic) bond motifs is 1. The summed E-state index contributed by atoms with van der Waals surface area (Å²) < 4.78 is 10.8. The molecule has 0 bridgehead atoms. The average Bonchev–Trinajstić information content (AvgIpc) is 3.30. The number of carbonyl (C=O) groups is 2. The van der Waals surface area contributed by atoms with Gasteiger partial charge in [0.1, 0.15) is 12.7 Å². The van der Waals surface area contributed by atoms with Crippen molar-refractivity contribution in [2.24, 2.45) is 5.92 Å². The summed E-state index contributed by atoms with van der Waals surface area (Å²) in [6, 6.07) is 0.300. The lowest BCUT2D eigenvalue weighted by atomic mass is 9.88. The number of hydrogen-bond donors (Lipinski definition) is 1. The van der Waals surface area contributed by atoms with Crippen molar-refractivity contribution in [3.05, 3.63) is 35.5 Å². The summed E-state index contributed by atoms with van der Waals surface area (Å²) in [7, 11) is 0. The van der Waals surface area contributed by atoms with Crippen molar-refractivity contribution < 1.29 is 19.1 Å². The van der Waals surface area contributed by atoms with E-state index >= 15 is 0 Å². The van der Waals surface area contributed by atoms with E-state index in [1.807, 2.05) is 0 Å². The molecule has 1 N–H and O–H groups in total. The molecular formula is C19H25NO4. The fourth-order valence-electron chi connectivity index (χ4n) is 3.16. The molecule has 0 aromatic carbocycles. The van der Waals surface area contributed by atoms with Crippen molar-refractivity contribution >= 4 is 12.1 Å². The van der Waals surface area contributed by atoms with E-state index in [1.54, 1.807) is 0 Å². The molecule has 0 spiro atoms. The number of nitrogens with one attached hydrogen (secondary N) is 1. The molecule has 2 fully saturated rings. The topological polar surface area (TPSA) is 64.6 Å². The van der Waals surface area contributed by atoms with E-state index in [9.17, 15) is 9.59 Å². The molecule has 0 aromatic heterocycles. The maximum Gasteiger partial charge on any atom is 0.407 e. The molecule has 0 aromatic rings. The highest BCUT2D eigenvalue weighted by Gasteiger charge is 2.37. The molecule has 1 saturated carbocycles. The Morgan fingerprint density at radius 2 is 2.17 bits per heavy atom. The Bertz CT molecular complexity index is 600. The summed E-state index contributed by atoms with van der Waals surface area (Å²) in [5, 5.41) is 2.82. The maximum atomic E-state index is 11.8. The number of allylic oxidation sites excluding steroid dienone is 2. The van der Waals surface area contributed by atoms with Crippen LogP contribution in [-0.4, -0.2) is 30.8 Å². The Balaban J connectivity index is 1.61. The van der Waals surface area contributed by atoms with Gasteiger partial charge in [-0.15, -0.1) is 0 Å². The minimum atomic E-state index is -0.340. The largest absolute Gasteiger partial charge is 0.454 e. The van der Waals surface area contributed by atoms with Crippen LogP contribution in [0.5, 0.6) is 0 Å². The molecule has 0 radical (unpaired) electrons. The van der Waals surface area contributed by atoms with E-state index in [4.69, 9.17) is 9.47 Å². The highest BCUT2D eigenvalue weighted by atomic mass is 16.6. The van der Waals surface area contributed by atoms with Crippen LogP contribution in [0.3, 0.4) is 0 Å². The van der Waals surface area contributed by atoms with Gasteiger partial charge >= 0.3 is 12.1 Å². The van der Waals surface area contributed by atoms with E-state index in [-0.39, 0.29) is 24.1 Å². The highest BCUT2D eigenvalue weighted by Crippen LogP contribution is 2.34. The number of esters is 1. The minimum Gasteiger partial charge on any atom is -0.454 e. The first-order valence-corrected chi connectivity index (χ1v) is 8.71. The Morgan fingerprint density at radius 1 is 1.38 bits per heavy atom. The van der Waals surface area contributed by atoms with E-state index in [2.05, 4.69) is 31.0 Å². The molecule has 3 aliphatic rings. The fourth-order valence-corrected chi connectivity index (χ4v) is 3.16. The van der Waals surface area contributed by atoms with Gasteiger partial charge < -0.3 is 14.8 Å². The van der Waals surface area contributed by atoms with Crippen molar-refractivity contribution in [1.29, 1.82) is 0 Å². The zero-order chi connectivity index (χ0) is 17.1. The van der Waals surface area contributed by atoms with E-state index in [0.717, 1.165) is 44.1 Å². The molecule has 5 heteroatoms. The monoisotopic (exact) mass is 331 g/mol. The first kappa shape index (κ1) is 16.8. The van der Waals surface area contributed by atoms with Gasteiger partial charge in [-0.1, -0.05) is 18.2 Å².